The van der Waals surface area contributed by atoms with Crippen LogP contribution < -0.4 is 9.47 Å². The Balaban J connectivity index is 1.71. The largest absolute Gasteiger partial charge is 0.493 e. The van der Waals surface area contributed by atoms with Gasteiger partial charge in [-0.3, -0.25) is 0 Å². The lowest BCUT2D eigenvalue weighted by Gasteiger charge is -2.10. The first kappa shape index (κ1) is 17.5. The van der Waals surface area contributed by atoms with Crippen molar-refractivity contribution in [2.75, 3.05) is 14.2 Å². The summed E-state index contributed by atoms with van der Waals surface area (Å²) in [5.41, 5.74) is 1.58. The fraction of sp³-hybridized carbons (Fsp3) is 0.158. The lowest BCUT2D eigenvalue weighted by atomic mass is 10.2. The van der Waals surface area contributed by atoms with Gasteiger partial charge < -0.3 is 18.6 Å². The van der Waals surface area contributed by atoms with Gasteiger partial charge in [-0.25, -0.2) is 14.2 Å². The Kier molecular flexibility index (Phi) is 5.17. The minimum atomic E-state index is -0.463. The second kappa shape index (κ2) is 7.69. The van der Waals surface area contributed by atoms with E-state index >= 15 is 0 Å². The number of ether oxygens (including phenoxy) is 3. The molecule has 1 aromatic heterocycles. The highest BCUT2D eigenvalue weighted by Crippen LogP contribution is 2.29. The Labute approximate surface area is 149 Å². The third kappa shape index (κ3) is 3.83. The van der Waals surface area contributed by atoms with Crippen molar-refractivity contribution >= 4 is 5.97 Å². The zero-order valence-corrected chi connectivity index (χ0v) is 14.2. The van der Waals surface area contributed by atoms with Crippen molar-refractivity contribution < 1.29 is 27.8 Å². The highest BCUT2D eigenvalue weighted by Gasteiger charge is 2.13. The first-order valence-corrected chi connectivity index (χ1v) is 7.70. The lowest BCUT2D eigenvalue weighted by molar-refractivity contribution is 0.0600. The first-order chi connectivity index (χ1) is 12.6. The van der Waals surface area contributed by atoms with Gasteiger partial charge in [-0.1, -0.05) is 0 Å². The predicted molar refractivity (Wildman–Crippen MR) is 90.6 cm³/mol. The third-order valence-electron chi connectivity index (χ3n) is 3.60. The molecule has 1 heterocycles. The summed E-state index contributed by atoms with van der Waals surface area (Å²) in [6.45, 7) is 0.138. The van der Waals surface area contributed by atoms with Crippen LogP contribution in [0.25, 0.3) is 11.5 Å². The van der Waals surface area contributed by atoms with Gasteiger partial charge in [0.1, 0.15) is 24.4 Å². The van der Waals surface area contributed by atoms with Crippen molar-refractivity contribution in [1.29, 1.82) is 0 Å². The van der Waals surface area contributed by atoms with Crippen LogP contribution >= 0.6 is 0 Å². The van der Waals surface area contributed by atoms with Crippen LogP contribution in [0.4, 0.5) is 4.39 Å². The van der Waals surface area contributed by atoms with Crippen LogP contribution in [0.2, 0.25) is 0 Å². The van der Waals surface area contributed by atoms with E-state index in [-0.39, 0.29) is 12.4 Å². The lowest BCUT2D eigenvalue weighted by Crippen LogP contribution is -2.03. The van der Waals surface area contributed by atoms with Crippen LogP contribution in [0.15, 0.2) is 53.1 Å². The molecule has 26 heavy (non-hydrogen) atoms. The Hall–Kier alpha value is -3.35. The molecule has 0 N–H and O–H groups in total. The zero-order valence-electron chi connectivity index (χ0n) is 14.2. The molecule has 2 aromatic carbocycles. The molecule has 0 saturated carbocycles. The predicted octanol–water partition coefficient (Wildman–Crippen LogP) is 3.85. The van der Waals surface area contributed by atoms with Gasteiger partial charge in [0.2, 0.25) is 5.89 Å². The number of hydrogen-bond donors (Lipinski definition) is 0. The van der Waals surface area contributed by atoms with Crippen LogP contribution in [0.5, 0.6) is 11.5 Å². The molecule has 0 aliphatic carbocycles. The topological polar surface area (TPSA) is 70.8 Å². The molecule has 0 aliphatic rings. The van der Waals surface area contributed by atoms with E-state index < -0.39 is 5.97 Å². The molecule has 0 unspecified atom stereocenters. The monoisotopic (exact) mass is 357 g/mol. The molecular weight excluding hydrogens is 341 g/mol. The first-order valence-electron chi connectivity index (χ1n) is 7.70. The summed E-state index contributed by atoms with van der Waals surface area (Å²) in [5, 5.41) is 0. The van der Waals surface area contributed by atoms with E-state index in [1.807, 2.05) is 0 Å². The fourth-order valence-electron chi connectivity index (χ4n) is 2.28. The maximum Gasteiger partial charge on any atom is 0.337 e. The van der Waals surface area contributed by atoms with E-state index in [2.05, 4.69) is 9.72 Å². The molecule has 0 spiro atoms. The molecule has 0 amide bonds. The Morgan fingerprint density at radius 3 is 2.58 bits per heavy atom. The number of hydrogen-bond acceptors (Lipinski definition) is 6. The number of esters is 1. The molecular formula is C19H16FNO5. The number of carbonyl (C=O) groups is 1. The summed E-state index contributed by atoms with van der Waals surface area (Å²) < 4.78 is 34.0. The van der Waals surface area contributed by atoms with E-state index in [9.17, 15) is 9.18 Å². The van der Waals surface area contributed by atoms with Gasteiger partial charge in [0.15, 0.2) is 11.5 Å². The standard InChI is InChI=1S/C19H16FNO5/c1-23-17-9-13(19(22)24-2)5-8-16(17)25-10-15-11-26-18(21-15)12-3-6-14(20)7-4-12/h3-9,11H,10H2,1-2H3. The third-order valence-corrected chi connectivity index (χ3v) is 3.60. The van der Waals surface area contributed by atoms with Gasteiger partial charge >= 0.3 is 5.97 Å². The van der Waals surface area contributed by atoms with E-state index in [0.29, 0.717) is 34.2 Å². The van der Waals surface area contributed by atoms with Crippen molar-refractivity contribution in [1.82, 2.24) is 4.98 Å². The quantitative estimate of drug-likeness (QED) is 0.624. The van der Waals surface area contributed by atoms with Crippen molar-refractivity contribution in [3.63, 3.8) is 0 Å². The summed E-state index contributed by atoms with van der Waals surface area (Å²) >= 11 is 0. The number of halogens is 1. The van der Waals surface area contributed by atoms with Crippen molar-refractivity contribution in [3.05, 3.63) is 65.8 Å². The second-order valence-electron chi connectivity index (χ2n) is 5.30. The molecule has 3 aromatic rings. The van der Waals surface area contributed by atoms with Gasteiger partial charge in [0, 0.05) is 5.56 Å². The SMILES string of the molecule is COC(=O)c1ccc(OCc2coc(-c3ccc(F)cc3)n2)c(OC)c1. The smallest absolute Gasteiger partial charge is 0.337 e. The fourth-order valence-corrected chi connectivity index (χ4v) is 2.28. The molecule has 0 bridgehead atoms. The summed E-state index contributed by atoms with van der Waals surface area (Å²) in [4.78, 5) is 15.9. The molecule has 0 fully saturated rings. The molecule has 7 heteroatoms. The Morgan fingerprint density at radius 2 is 1.88 bits per heavy atom. The van der Waals surface area contributed by atoms with E-state index in [4.69, 9.17) is 13.9 Å². The number of carbonyl (C=O) groups excluding carboxylic acids is 1. The highest BCUT2D eigenvalue weighted by molar-refractivity contribution is 5.90. The number of rotatable bonds is 6. The molecule has 0 saturated heterocycles. The van der Waals surface area contributed by atoms with Gasteiger partial charge in [-0.15, -0.1) is 0 Å². The number of nitrogens with zero attached hydrogens (tertiary/aromatic N) is 1. The van der Waals surface area contributed by atoms with Gasteiger partial charge in [0.05, 0.1) is 19.8 Å². The molecule has 0 atom stereocenters. The second-order valence-corrected chi connectivity index (χ2v) is 5.30. The van der Waals surface area contributed by atoms with E-state index in [1.165, 1.54) is 38.7 Å². The zero-order chi connectivity index (χ0) is 18.5. The minimum absolute atomic E-state index is 0.138. The van der Waals surface area contributed by atoms with Crippen molar-refractivity contribution in [3.8, 4) is 23.0 Å². The molecule has 0 radical (unpaired) electrons. The van der Waals surface area contributed by atoms with Crippen molar-refractivity contribution in [2.24, 2.45) is 0 Å². The average molecular weight is 357 g/mol. The summed E-state index contributed by atoms with van der Waals surface area (Å²) in [7, 11) is 2.79. The minimum Gasteiger partial charge on any atom is -0.493 e. The van der Waals surface area contributed by atoms with Crippen LogP contribution in [0.1, 0.15) is 16.1 Å². The summed E-state index contributed by atoms with van der Waals surface area (Å²) in [5.74, 6) is 0.430. The number of methoxy groups -OCH3 is 2. The summed E-state index contributed by atoms with van der Waals surface area (Å²) in [6.07, 6.45) is 1.47. The maximum atomic E-state index is 13.0. The van der Waals surface area contributed by atoms with Gasteiger partial charge in [0.25, 0.3) is 0 Å². The van der Waals surface area contributed by atoms with Gasteiger partial charge in [-0.2, -0.15) is 0 Å². The van der Waals surface area contributed by atoms with E-state index in [0.717, 1.165) is 0 Å². The molecule has 3 rings (SSSR count). The van der Waals surface area contributed by atoms with Gasteiger partial charge in [-0.05, 0) is 42.5 Å². The summed E-state index contributed by atoms with van der Waals surface area (Å²) in [6, 6.07) is 10.6. The van der Waals surface area contributed by atoms with Crippen LogP contribution in [0, 0.1) is 5.82 Å². The normalized spacial score (nSPS) is 10.4. The number of oxazole rings is 1. The molecule has 0 aliphatic heterocycles. The molecule has 134 valence electrons. The average Bonchev–Trinajstić information content (AvgIpc) is 3.15. The maximum absolute atomic E-state index is 13.0. The van der Waals surface area contributed by atoms with Crippen molar-refractivity contribution in [2.45, 2.75) is 6.61 Å². The number of aromatic nitrogens is 1. The Morgan fingerprint density at radius 1 is 1.12 bits per heavy atom. The van der Waals surface area contributed by atoms with Crippen LogP contribution in [-0.4, -0.2) is 25.2 Å². The Bertz CT molecular complexity index is 905. The van der Waals surface area contributed by atoms with Crippen LogP contribution in [-0.2, 0) is 11.3 Å². The highest BCUT2D eigenvalue weighted by atomic mass is 19.1. The van der Waals surface area contributed by atoms with Crippen LogP contribution in [0.3, 0.4) is 0 Å². The number of benzene rings is 2. The van der Waals surface area contributed by atoms with E-state index in [1.54, 1.807) is 24.3 Å². The molecule has 6 nitrogen and oxygen atoms in total.